The van der Waals surface area contributed by atoms with Gasteiger partial charge in [0.05, 0.1) is 5.02 Å². The second kappa shape index (κ2) is 5.09. The molecule has 0 saturated carbocycles. The lowest BCUT2D eigenvalue weighted by Gasteiger charge is -2.09. The van der Waals surface area contributed by atoms with Crippen LogP contribution in [0.3, 0.4) is 0 Å². The molecule has 3 aromatic rings. The van der Waals surface area contributed by atoms with Crippen molar-refractivity contribution in [2.45, 2.75) is 20.5 Å². The lowest BCUT2D eigenvalue weighted by atomic mass is 10.1. The topological polar surface area (TPSA) is 61.0 Å². The predicted molar refractivity (Wildman–Crippen MR) is 74.9 cm³/mol. The summed E-state index contributed by atoms with van der Waals surface area (Å²) < 4.78 is 11.0. The molecule has 2 aromatic heterocycles. The molecule has 0 aliphatic heterocycles. The summed E-state index contributed by atoms with van der Waals surface area (Å²) in [7, 11) is 0. The Bertz CT molecular complexity index is 762. The second-order valence-corrected chi connectivity index (χ2v) is 4.81. The van der Waals surface area contributed by atoms with E-state index in [1.807, 2.05) is 13.0 Å². The maximum Gasteiger partial charge on any atom is 0.253 e. The van der Waals surface area contributed by atoms with Crippen LogP contribution in [0.2, 0.25) is 5.02 Å². The first-order chi connectivity index (χ1) is 9.65. The average Bonchev–Trinajstić information content (AvgIpc) is 2.84. The quantitative estimate of drug-likeness (QED) is 0.739. The Hall–Kier alpha value is -2.14. The monoisotopic (exact) mass is 289 g/mol. The standard InChI is InChI=1S/C14H12ClN3O2/c1-8-5-6-16-14-11(4-3-10(15)13(8)14)19-7-12-18-17-9(2)20-12/h3-6H,7H2,1-2H3. The van der Waals surface area contributed by atoms with Gasteiger partial charge in [0.1, 0.15) is 11.3 Å². The van der Waals surface area contributed by atoms with Gasteiger partial charge in [0, 0.05) is 18.5 Å². The molecule has 0 aliphatic rings. The summed E-state index contributed by atoms with van der Waals surface area (Å²) in [6, 6.07) is 5.51. The highest BCUT2D eigenvalue weighted by molar-refractivity contribution is 6.35. The number of halogens is 1. The van der Waals surface area contributed by atoms with Gasteiger partial charge in [0.2, 0.25) is 5.89 Å². The van der Waals surface area contributed by atoms with E-state index in [4.69, 9.17) is 20.8 Å². The summed E-state index contributed by atoms with van der Waals surface area (Å²) in [5.74, 6) is 1.58. The minimum absolute atomic E-state index is 0.202. The highest BCUT2D eigenvalue weighted by Crippen LogP contribution is 2.32. The fourth-order valence-electron chi connectivity index (χ4n) is 2.01. The number of nitrogens with zero attached hydrogens (tertiary/aromatic N) is 3. The van der Waals surface area contributed by atoms with Gasteiger partial charge in [-0.1, -0.05) is 11.6 Å². The van der Waals surface area contributed by atoms with Crippen molar-refractivity contribution in [2.75, 3.05) is 0 Å². The van der Waals surface area contributed by atoms with Crippen LogP contribution in [-0.4, -0.2) is 15.2 Å². The molecule has 3 rings (SSSR count). The number of hydrogen-bond acceptors (Lipinski definition) is 5. The zero-order chi connectivity index (χ0) is 14.1. The van der Waals surface area contributed by atoms with E-state index in [-0.39, 0.29) is 6.61 Å². The van der Waals surface area contributed by atoms with Crippen LogP contribution in [0.15, 0.2) is 28.8 Å². The molecule has 0 aliphatic carbocycles. The van der Waals surface area contributed by atoms with Crippen LogP contribution in [0.5, 0.6) is 5.75 Å². The molecule has 0 atom stereocenters. The first-order valence-electron chi connectivity index (χ1n) is 6.11. The van der Waals surface area contributed by atoms with Gasteiger partial charge in [0.25, 0.3) is 5.89 Å². The third-order valence-electron chi connectivity index (χ3n) is 2.93. The van der Waals surface area contributed by atoms with Gasteiger partial charge in [-0.05, 0) is 30.7 Å². The Morgan fingerprint density at radius 3 is 2.80 bits per heavy atom. The van der Waals surface area contributed by atoms with Gasteiger partial charge < -0.3 is 9.15 Å². The van der Waals surface area contributed by atoms with Gasteiger partial charge in [0.15, 0.2) is 6.61 Å². The second-order valence-electron chi connectivity index (χ2n) is 4.40. The molecule has 0 bridgehead atoms. The molecule has 5 nitrogen and oxygen atoms in total. The van der Waals surface area contributed by atoms with Gasteiger partial charge >= 0.3 is 0 Å². The number of aromatic nitrogens is 3. The van der Waals surface area contributed by atoms with Crippen molar-refractivity contribution in [1.29, 1.82) is 0 Å². The van der Waals surface area contributed by atoms with Gasteiger partial charge in [-0.15, -0.1) is 10.2 Å². The van der Waals surface area contributed by atoms with Crippen molar-refractivity contribution in [2.24, 2.45) is 0 Å². The highest BCUT2D eigenvalue weighted by atomic mass is 35.5. The number of fused-ring (bicyclic) bond motifs is 1. The highest BCUT2D eigenvalue weighted by Gasteiger charge is 2.11. The van der Waals surface area contributed by atoms with E-state index in [0.717, 1.165) is 16.5 Å². The molecule has 0 radical (unpaired) electrons. The first-order valence-corrected chi connectivity index (χ1v) is 6.48. The molecule has 6 heteroatoms. The Morgan fingerprint density at radius 2 is 2.05 bits per heavy atom. The van der Waals surface area contributed by atoms with Crippen molar-refractivity contribution in [3.63, 3.8) is 0 Å². The number of aryl methyl sites for hydroxylation is 2. The SMILES string of the molecule is Cc1nnc(COc2ccc(Cl)c3c(C)ccnc23)o1. The van der Waals surface area contributed by atoms with Crippen LogP contribution in [0.25, 0.3) is 10.9 Å². The lowest BCUT2D eigenvalue weighted by Crippen LogP contribution is -1.98. The average molecular weight is 290 g/mol. The zero-order valence-electron chi connectivity index (χ0n) is 11.1. The van der Waals surface area contributed by atoms with Gasteiger partial charge in [-0.2, -0.15) is 0 Å². The Kier molecular flexibility index (Phi) is 3.28. The maximum atomic E-state index is 6.22. The van der Waals surface area contributed by atoms with E-state index < -0.39 is 0 Å². The van der Waals surface area contributed by atoms with E-state index >= 15 is 0 Å². The number of rotatable bonds is 3. The van der Waals surface area contributed by atoms with E-state index in [1.54, 1.807) is 25.3 Å². The van der Waals surface area contributed by atoms with Crippen LogP contribution in [0, 0.1) is 13.8 Å². The van der Waals surface area contributed by atoms with Gasteiger partial charge in [-0.3, -0.25) is 4.98 Å². The normalized spacial score (nSPS) is 10.9. The van der Waals surface area contributed by atoms with E-state index in [2.05, 4.69) is 15.2 Å². The minimum Gasteiger partial charge on any atom is -0.482 e. The molecule has 0 unspecified atom stereocenters. The zero-order valence-corrected chi connectivity index (χ0v) is 11.8. The van der Waals surface area contributed by atoms with Crippen molar-refractivity contribution >= 4 is 22.5 Å². The first kappa shape index (κ1) is 12.9. The van der Waals surface area contributed by atoms with Crippen molar-refractivity contribution in [3.8, 4) is 5.75 Å². The third kappa shape index (κ3) is 2.32. The fraction of sp³-hybridized carbons (Fsp3) is 0.214. The third-order valence-corrected chi connectivity index (χ3v) is 3.25. The summed E-state index contributed by atoms with van der Waals surface area (Å²) in [4.78, 5) is 4.34. The van der Waals surface area contributed by atoms with Crippen LogP contribution < -0.4 is 4.74 Å². The Balaban J connectivity index is 1.96. The van der Waals surface area contributed by atoms with Crippen LogP contribution in [-0.2, 0) is 6.61 Å². The number of hydrogen-bond donors (Lipinski definition) is 0. The molecular formula is C14H12ClN3O2. The molecule has 0 fully saturated rings. The van der Waals surface area contributed by atoms with Crippen LogP contribution >= 0.6 is 11.6 Å². The van der Waals surface area contributed by atoms with Crippen molar-refractivity contribution in [3.05, 3.63) is 46.8 Å². The molecule has 0 spiro atoms. The predicted octanol–water partition coefficient (Wildman–Crippen LogP) is 3.47. The molecule has 0 amide bonds. The number of pyridine rings is 1. The van der Waals surface area contributed by atoms with Gasteiger partial charge in [-0.25, -0.2) is 0 Å². The minimum atomic E-state index is 0.202. The fourth-order valence-corrected chi connectivity index (χ4v) is 2.31. The summed E-state index contributed by atoms with van der Waals surface area (Å²) in [5, 5.41) is 9.20. The molecular weight excluding hydrogens is 278 g/mol. The van der Waals surface area contributed by atoms with Crippen LogP contribution in [0.4, 0.5) is 0 Å². The van der Waals surface area contributed by atoms with Crippen LogP contribution in [0.1, 0.15) is 17.3 Å². The van der Waals surface area contributed by atoms with Crippen molar-refractivity contribution in [1.82, 2.24) is 15.2 Å². The molecule has 1 aromatic carbocycles. The maximum absolute atomic E-state index is 6.22. The Labute approximate surface area is 120 Å². The molecule has 0 N–H and O–H groups in total. The van der Waals surface area contributed by atoms with E-state index in [1.165, 1.54) is 0 Å². The summed E-state index contributed by atoms with van der Waals surface area (Å²) in [5.41, 5.74) is 1.79. The summed E-state index contributed by atoms with van der Waals surface area (Å²) >= 11 is 6.22. The smallest absolute Gasteiger partial charge is 0.253 e. The number of benzene rings is 1. The molecule has 20 heavy (non-hydrogen) atoms. The summed E-state index contributed by atoms with van der Waals surface area (Å²) in [6.45, 7) is 3.92. The summed E-state index contributed by atoms with van der Waals surface area (Å²) in [6.07, 6.45) is 1.73. The molecule has 0 saturated heterocycles. The van der Waals surface area contributed by atoms with Crippen molar-refractivity contribution < 1.29 is 9.15 Å². The van der Waals surface area contributed by atoms with E-state index in [9.17, 15) is 0 Å². The number of ether oxygens (including phenoxy) is 1. The largest absolute Gasteiger partial charge is 0.482 e. The van der Waals surface area contributed by atoms with E-state index in [0.29, 0.717) is 22.6 Å². The lowest BCUT2D eigenvalue weighted by molar-refractivity contribution is 0.263. The Morgan fingerprint density at radius 1 is 1.20 bits per heavy atom. The molecule has 102 valence electrons. The molecule has 2 heterocycles.